The molecule has 0 bridgehead atoms. The molecule has 0 aliphatic carbocycles. The summed E-state index contributed by atoms with van der Waals surface area (Å²) in [7, 11) is 3.14. The van der Waals surface area contributed by atoms with Gasteiger partial charge in [-0.1, -0.05) is 41.7 Å². The van der Waals surface area contributed by atoms with Crippen molar-refractivity contribution in [3.8, 4) is 29.4 Å². The smallest absolute Gasteiger partial charge is 0.296 e. The Hall–Kier alpha value is -3.57. The zero-order chi connectivity index (χ0) is 19.3. The van der Waals surface area contributed by atoms with Crippen molar-refractivity contribution < 1.29 is 14.2 Å². The monoisotopic (exact) mass is 392 g/mol. The zero-order valence-electron chi connectivity index (χ0n) is 15.2. The van der Waals surface area contributed by atoms with Crippen molar-refractivity contribution in [2.75, 3.05) is 14.2 Å². The van der Waals surface area contributed by atoms with Gasteiger partial charge in [-0.2, -0.15) is 4.98 Å². The highest BCUT2D eigenvalue weighted by molar-refractivity contribution is 7.18. The molecular formula is C20H16N4O3S. The van der Waals surface area contributed by atoms with Crippen LogP contribution in [-0.2, 0) is 6.61 Å². The highest BCUT2D eigenvalue weighted by Crippen LogP contribution is 2.24. The zero-order valence-corrected chi connectivity index (χ0v) is 16.0. The van der Waals surface area contributed by atoms with Gasteiger partial charge in [0.2, 0.25) is 0 Å². The molecule has 0 atom stereocenters. The molecule has 1 aromatic carbocycles. The summed E-state index contributed by atoms with van der Waals surface area (Å²) in [6.45, 7) is 0.411. The Morgan fingerprint density at radius 2 is 1.93 bits per heavy atom. The summed E-state index contributed by atoms with van der Waals surface area (Å²) < 4.78 is 16.2. The van der Waals surface area contributed by atoms with Crippen molar-refractivity contribution in [3.05, 3.63) is 58.9 Å². The summed E-state index contributed by atoms with van der Waals surface area (Å²) in [5.74, 6) is 7.21. The van der Waals surface area contributed by atoms with Crippen molar-refractivity contribution in [3.63, 3.8) is 0 Å². The van der Waals surface area contributed by atoms with Crippen LogP contribution in [-0.4, -0.2) is 34.2 Å². The number of nitrogens with one attached hydrogen (secondary N) is 1. The average Bonchev–Trinajstić information content (AvgIpc) is 3.30. The molecule has 0 unspecified atom stereocenters. The van der Waals surface area contributed by atoms with Gasteiger partial charge in [0.05, 0.1) is 20.4 Å². The van der Waals surface area contributed by atoms with E-state index in [1.54, 1.807) is 26.5 Å². The number of hydrogen-bond donors (Lipinski definition) is 1. The number of rotatable bonds is 5. The Bertz CT molecular complexity index is 1130. The number of aromatic nitrogens is 4. The molecule has 0 saturated heterocycles. The number of benzene rings is 1. The van der Waals surface area contributed by atoms with Crippen LogP contribution in [0.1, 0.15) is 16.3 Å². The molecule has 0 fully saturated rings. The molecule has 0 spiro atoms. The van der Waals surface area contributed by atoms with Gasteiger partial charge in [-0.05, 0) is 17.4 Å². The van der Waals surface area contributed by atoms with E-state index in [-0.39, 0.29) is 0 Å². The van der Waals surface area contributed by atoms with Gasteiger partial charge >= 0.3 is 0 Å². The van der Waals surface area contributed by atoms with Crippen molar-refractivity contribution in [1.29, 1.82) is 0 Å². The number of pyridine rings is 1. The number of fused-ring (bicyclic) bond motifs is 1. The lowest BCUT2D eigenvalue weighted by Crippen LogP contribution is -1.99. The molecule has 4 rings (SSSR count). The summed E-state index contributed by atoms with van der Waals surface area (Å²) >= 11 is 1.38. The first-order chi connectivity index (χ1) is 13.7. The number of ether oxygens (including phenoxy) is 3. The van der Waals surface area contributed by atoms with E-state index >= 15 is 0 Å². The predicted octanol–water partition coefficient (Wildman–Crippen LogP) is 3.41. The van der Waals surface area contributed by atoms with Gasteiger partial charge in [0.1, 0.15) is 12.4 Å². The van der Waals surface area contributed by atoms with E-state index in [0.717, 1.165) is 10.4 Å². The van der Waals surface area contributed by atoms with E-state index in [1.807, 2.05) is 30.3 Å². The minimum atomic E-state index is 0.411. The number of methoxy groups -OCH3 is 2. The molecule has 3 heterocycles. The molecule has 0 saturated carbocycles. The molecular weight excluding hydrogens is 376 g/mol. The summed E-state index contributed by atoms with van der Waals surface area (Å²) in [6.07, 6.45) is 1.61. The number of thiazole rings is 1. The van der Waals surface area contributed by atoms with Crippen molar-refractivity contribution >= 4 is 21.8 Å². The minimum Gasteiger partial charge on any atom is -0.495 e. The van der Waals surface area contributed by atoms with Crippen LogP contribution in [0.5, 0.6) is 17.5 Å². The molecule has 7 nitrogen and oxygen atoms in total. The van der Waals surface area contributed by atoms with E-state index in [0.29, 0.717) is 40.5 Å². The third-order valence-electron chi connectivity index (χ3n) is 3.82. The lowest BCUT2D eigenvalue weighted by molar-refractivity contribution is 0.301. The molecule has 8 heteroatoms. The van der Waals surface area contributed by atoms with Gasteiger partial charge in [0.25, 0.3) is 6.01 Å². The molecule has 140 valence electrons. The van der Waals surface area contributed by atoms with Crippen molar-refractivity contribution in [2.24, 2.45) is 0 Å². The molecule has 0 radical (unpaired) electrons. The van der Waals surface area contributed by atoms with Crippen LogP contribution in [0.3, 0.4) is 0 Å². The maximum Gasteiger partial charge on any atom is 0.296 e. The third-order valence-corrected chi connectivity index (χ3v) is 4.68. The van der Waals surface area contributed by atoms with E-state index in [2.05, 4.69) is 31.8 Å². The molecule has 4 aromatic rings. The maximum absolute atomic E-state index is 5.93. The second kappa shape index (κ2) is 7.98. The standard InChI is InChI=1S/C20H16N4O3S/c1-25-14-10-16(27-12-13-6-4-3-5-7-13)15(21-11-14)8-9-17-22-18-19(28-17)24-20(23-18)26-2/h3-7,10-11H,12H2,1-2H3,(H,23,24). The van der Waals surface area contributed by atoms with Crippen molar-refractivity contribution in [1.82, 2.24) is 19.9 Å². The third kappa shape index (κ3) is 3.89. The number of aromatic amines is 1. The molecule has 3 aromatic heterocycles. The Balaban J connectivity index is 1.59. The van der Waals surface area contributed by atoms with Crippen LogP contribution >= 0.6 is 11.3 Å². The number of imidazole rings is 1. The fraction of sp³-hybridized carbons (Fsp3) is 0.150. The normalized spacial score (nSPS) is 10.4. The molecule has 0 amide bonds. The Labute approximate surface area is 165 Å². The van der Waals surface area contributed by atoms with Gasteiger partial charge in [-0.15, -0.1) is 0 Å². The second-order valence-corrected chi connectivity index (χ2v) is 6.64. The topological polar surface area (TPSA) is 82.2 Å². The minimum absolute atomic E-state index is 0.411. The molecule has 1 N–H and O–H groups in total. The molecule has 0 aliphatic heterocycles. The lowest BCUT2D eigenvalue weighted by atomic mass is 10.2. The van der Waals surface area contributed by atoms with Crippen LogP contribution in [0.25, 0.3) is 10.5 Å². The van der Waals surface area contributed by atoms with Crippen LogP contribution in [0.15, 0.2) is 42.6 Å². The largest absolute Gasteiger partial charge is 0.495 e. The quantitative estimate of drug-likeness (QED) is 0.524. The fourth-order valence-corrected chi connectivity index (χ4v) is 3.18. The summed E-state index contributed by atoms with van der Waals surface area (Å²) in [5, 5.41) is 0.628. The maximum atomic E-state index is 5.93. The van der Waals surface area contributed by atoms with Crippen LogP contribution < -0.4 is 14.2 Å². The second-order valence-electron chi connectivity index (χ2n) is 5.67. The van der Waals surface area contributed by atoms with E-state index < -0.39 is 0 Å². The SMILES string of the molecule is COc1cnc(C#Cc2nc3[nH]c(OC)nc3s2)c(OCc2ccccc2)c1. The average molecular weight is 392 g/mol. The van der Waals surface area contributed by atoms with Crippen LogP contribution in [0.2, 0.25) is 0 Å². The Kier molecular flexibility index (Phi) is 5.08. The molecule has 0 aliphatic rings. The first kappa shape index (κ1) is 17.8. The number of H-pyrrole nitrogens is 1. The van der Waals surface area contributed by atoms with Gasteiger partial charge in [-0.3, -0.25) is 4.98 Å². The summed E-state index contributed by atoms with van der Waals surface area (Å²) in [4.78, 5) is 16.7. The first-order valence-electron chi connectivity index (χ1n) is 8.38. The highest BCUT2D eigenvalue weighted by Gasteiger charge is 2.09. The lowest BCUT2D eigenvalue weighted by Gasteiger charge is -2.09. The molecule has 28 heavy (non-hydrogen) atoms. The van der Waals surface area contributed by atoms with E-state index in [4.69, 9.17) is 14.2 Å². The fourth-order valence-electron chi connectivity index (χ4n) is 2.43. The summed E-state index contributed by atoms with van der Waals surface area (Å²) in [5.41, 5.74) is 2.22. The number of hydrogen-bond acceptors (Lipinski definition) is 7. The van der Waals surface area contributed by atoms with Crippen LogP contribution in [0, 0.1) is 11.8 Å². The number of nitrogens with zero attached hydrogens (tertiary/aromatic N) is 3. The van der Waals surface area contributed by atoms with Gasteiger partial charge in [0, 0.05) is 6.07 Å². The van der Waals surface area contributed by atoms with Gasteiger partial charge < -0.3 is 14.2 Å². The van der Waals surface area contributed by atoms with Crippen LogP contribution in [0.4, 0.5) is 0 Å². The van der Waals surface area contributed by atoms with Gasteiger partial charge in [-0.25, -0.2) is 9.97 Å². The van der Waals surface area contributed by atoms with E-state index in [9.17, 15) is 0 Å². The highest BCUT2D eigenvalue weighted by atomic mass is 32.1. The Morgan fingerprint density at radius 1 is 1.07 bits per heavy atom. The van der Waals surface area contributed by atoms with Crippen molar-refractivity contribution in [2.45, 2.75) is 6.61 Å². The van der Waals surface area contributed by atoms with Gasteiger partial charge in [0.15, 0.2) is 26.9 Å². The predicted molar refractivity (Wildman–Crippen MR) is 106 cm³/mol. The first-order valence-corrected chi connectivity index (χ1v) is 9.20. The summed E-state index contributed by atoms with van der Waals surface area (Å²) in [6, 6.07) is 12.1. The van der Waals surface area contributed by atoms with E-state index in [1.165, 1.54) is 11.3 Å². The Morgan fingerprint density at radius 3 is 2.68 bits per heavy atom.